The van der Waals surface area contributed by atoms with E-state index in [-0.39, 0.29) is 18.0 Å². The van der Waals surface area contributed by atoms with Crippen LogP contribution < -0.4 is 10.2 Å². The standard InChI is InChI=1S/C18H18ClN3O4/c1-13-11-15(19)6-9-17(13)26-10-2-3-18(23)21-20-12-14-4-7-16(8-5-14)22(24)25/h4-9,11-12H,2-3,10H2,1H3,(H,21,23). The lowest BCUT2D eigenvalue weighted by molar-refractivity contribution is -0.384. The van der Waals surface area contributed by atoms with Crippen molar-refractivity contribution in [3.63, 3.8) is 0 Å². The molecule has 0 aliphatic rings. The highest BCUT2D eigenvalue weighted by molar-refractivity contribution is 6.30. The van der Waals surface area contributed by atoms with Crippen LogP contribution >= 0.6 is 11.6 Å². The van der Waals surface area contributed by atoms with Crippen LogP contribution in [0.3, 0.4) is 0 Å². The van der Waals surface area contributed by atoms with Crippen molar-refractivity contribution in [2.45, 2.75) is 19.8 Å². The Balaban J connectivity index is 1.69. The van der Waals surface area contributed by atoms with Crippen LogP contribution in [-0.2, 0) is 4.79 Å². The number of halogens is 1. The van der Waals surface area contributed by atoms with Crippen molar-refractivity contribution in [2.24, 2.45) is 5.10 Å². The van der Waals surface area contributed by atoms with Crippen LogP contribution in [0.5, 0.6) is 5.75 Å². The number of carbonyl (C=O) groups is 1. The number of hydrogen-bond donors (Lipinski definition) is 1. The van der Waals surface area contributed by atoms with Gasteiger partial charge in [0.25, 0.3) is 5.69 Å². The number of aryl methyl sites for hydroxylation is 1. The molecule has 0 heterocycles. The van der Waals surface area contributed by atoms with Crippen LogP contribution in [0.1, 0.15) is 24.0 Å². The lowest BCUT2D eigenvalue weighted by Gasteiger charge is -2.08. The second-order valence-corrected chi connectivity index (χ2v) is 5.94. The molecular weight excluding hydrogens is 358 g/mol. The first-order valence-corrected chi connectivity index (χ1v) is 8.29. The highest BCUT2D eigenvalue weighted by Crippen LogP contribution is 2.21. The van der Waals surface area contributed by atoms with E-state index in [1.54, 1.807) is 24.3 Å². The topological polar surface area (TPSA) is 93.8 Å². The molecule has 0 aliphatic heterocycles. The Morgan fingerprint density at radius 3 is 2.69 bits per heavy atom. The highest BCUT2D eigenvalue weighted by atomic mass is 35.5. The smallest absolute Gasteiger partial charge is 0.269 e. The van der Waals surface area contributed by atoms with Crippen LogP contribution in [0.2, 0.25) is 5.02 Å². The van der Waals surface area contributed by atoms with Gasteiger partial charge in [-0.15, -0.1) is 0 Å². The van der Waals surface area contributed by atoms with Gasteiger partial charge in [-0.1, -0.05) is 11.6 Å². The lowest BCUT2D eigenvalue weighted by atomic mass is 10.2. The van der Waals surface area contributed by atoms with Gasteiger partial charge in [0.2, 0.25) is 5.91 Å². The molecule has 8 heteroatoms. The first-order chi connectivity index (χ1) is 12.5. The Hall–Kier alpha value is -2.93. The maximum atomic E-state index is 11.7. The average Bonchev–Trinajstić information content (AvgIpc) is 2.60. The van der Waals surface area contributed by atoms with Gasteiger partial charge < -0.3 is 4.74 Å². The largest absolute Gasteiger partial charge is 0.493 e. The summed E-state index contributed by atoms with van der Waals surface area (Å²) in [5.74, 6) is 0.505. The molecule has 2 aromatic rings. The molecule has 0 aliphatic carbocycles. The van der Waals surface area contributed by atoms with Crippen molar-refractivity contribution < 1.29 is 14.5 Å². The van der Waals surface area contributed by atoms with Crippen LogP contribution in [0, 0.1) is 17.0 Å². The van der Waals surface area contributed by atoms with Gasteiger partial charge in [-0.3, -0.25) is 14.9 Å². The zero-order valence-corrected chi connectivity index (χ0v) is 14.9. The molecule has 2 rings (SSSR count). The van der Waals surface area contributed by atoms with Crippen LogP contribution in [0.25, 0.3) is 0 Å². The third-order valence-electron chi connectivity index (χ3n) is 3.45. The van der Waals surface area contributed by atoms with Gasteiger partial charge in [0.15, 0.2) is 0 Å². The zero-order valence-electron chi connectivity index (χ0n) is 14.1. The number of ether oxygens (including phenoxy) is 1. The van der Waals surface area contributed by atoms with E-state index in [0.717, 1.165) is 11.3 Å². The maximum absolute atomic E-state index is 11.7. The van der Waals surface area contributed by atoms with Gasteiger partial charge in [-0.05, 0) is 54.8 Å². The van der Waals surface area contributed by atoms with E-state index in [1.807, 2.05) is 13.0 Å². The molecule has 26 heavy (non-hydrogen) atoms. The molecule has 0 fully saturated rings. The second kappa shape index (κ2) is 9.53. The molecule has 0 saturated carbocycles. The van der Waals surface area contributed by atoms with Gasteiger partial charge >= 0.3 is 0 Å². The van der Waals surface area contributed by atoms with E-state index < -0.39 is 4.92 Å². The fraction of sp³-hybridized carbons (Fsp3) is 0.222. The highest BCUT2D eigenvalue weighted by Gasteiger charge is 2.04. The van der Waals surface area contributed by atoms with Gasteiger partial charge in [0, 0.05) is 23.6 Å². The Morgan fingerprint density at radius 2 is 2.04 bits per heavy atom. The molecule has 0 spiro atoms. The Bertz CT molecular complexity index is 807. The van der Waals surface area contributed by atoms with E-state index in [4.69, 9.17) is 16.3 Å². The molecule has 0 aromatic heterocycles. The van der Waals surface area contributed by atoms with Gasteiger partial charge in [-0.2, -0.15) is 5.10 Å². The van der Waals surface area contributed by atoms with Crippen LogP contribution in [0.15, 0.2) is 47.6 Å². The first-order valence-electron chi connectivity index (χ1n) is 7.91. The van der Waals surface area contributed by atoms with Crippen LogP contribution in [0.4, 0.5) is 5.69 Å². The summed E-state index contributed by atoms with van der Waals surface area (Å²) in [7, 11) is 0. The van der Waals surface area contributed by atoms with E-state index in [0.29, 0.717) is 23.6 Å². The number of nitro groups is 1. The third kappa shape index (κ3) is 6.18. The summed E-state index contributed by atoms with van der Waals surface area (Å²) >= 11 is 5.88. The van der Waals surface area contributed by atoms with Crippen molar-refractivity contribution in [1.82, 2.24) is 5.43 Å². The monoisotopic (exact) mass is 375 g/mol. The minimum Gasteiger partial charge on any atom is -0.493 e. The molecule has 136 valence electrons. The van der Waals surface area contributed by atoms with Crippen molar-refractivity contribution >= 4 is 29.4 Å². The SMILES string of the molecule is Cc1cc(Cl)ccc1OCCCC(=O)NN=Cc1ccc([N+](=O)[O-])cc1. The number of nitrogens with zero attached hydrogens (tertiary/aromatic N) is 2. The molecule has 1 N–H and O–H groups in total. The summed E-state index contributed by atoms with van der Waals surface area (Å²) in [4.78, 5) is 21.8. The number of nitro benzene ring substituents is 1. The summed E-state index contributed by atoms with van der Waals surface area (Å²) in [5.41, 5.74) is 4.00. The molecular formula is C18H18ClN3O4. The summed E-state index contributed by atoms with van der Waals surface area (Å²) in [6, 6.07) is 11.2. The Morgan fingerprint density at radius 1 is 1.31 bits per heavy atom. The average molecular weight is 376 g/mol. The Labute approximate surface area is 155 Å². The van der Waals surface area contributed by atoms with E-state index >= 15 is 0 Å². The molecule has 2 aromatic carbocycles. The number of nitrogens with one attached hydrogen (secondary N) is 1. The van der Waals surface area contributed by atoms with Gasteiger partial charge in [-0.25, -0.2) is 5.43 Å². The molecule has 0 bridgehead atoms. The zero-order chi connectivity index (χ0) is 18.9. The molecule has 0 saturated heterocycles. The summed E-state index contributed by atoms with van der Waals surface area (Å²) in [5, 5.41) is 15.0. The number of hydrazone groups is 1. The third-order valence-corrected chi connectivity index (χ3v) is 3.68. The number of benzene rings is 2. The summed E-state index contributed by atoms with van der Waals surface area (Å²) < 4.78 is 5.61. The van der Waals surface area contributed by atoms with Crippen molar-refractivity contribution in [1.29, 1.82) is 0 Å². The maximum Gasteiger partial charge on any atom is 0.269 e. The fourth-order valence-electron chi connectivity index (χ4n) is 2.11. The quantitative estimate of drug-likeness (QED) is 0.328. The van der Waals surface area contributed by atoms with E-state index in [9.17, 15) is 14.9 Å². The molecule has 7 nitrogen and oxygen atoms in total. The van der Waals surface area contributed by atoms with Crippen molar-refractivity contribution in [3.8, 4) is 5.75 Å². The second-order valence-electron chi connectivity index (χ2n) is 5.50. The van der Waals surface area contributed by atoms with E-state index in [1.165, 1.54) is 18.3 Å². The number of amides is 1. The minimum atomic E-state index is -0.476. The Kier molecular flexibility index (Phi) is 7.11. The van der Waals surface area contributed by atoms with E-state index in [2.05, 4.69) is 10.5 Å². The molecule has 0 radical (unpaired) electrons. The predicted octanol–water partition coefficient (Wildman–Crippen LogP) is 3.87. The number of non-ortho nitro benzene ring substituents is 1. The van der Waals surface area contributed by atoms with Crippen molar-refractivity contribution in [2.75, 3.05) is 6.61 Å². The lowest BCUT2D eigenvalue weighted by Crippen LogP contribution is -2.18. The molecule has 0 atom stereocenters. The number of carbonyl (C=O) groups excluding carboxylic acids is 1. The number of hydrogen-bond acceptors (Lipinski definition) is 5. The van der Waals surface area contributed by atoms with Crippen molar-refractivity contribution in [3.05, 3.63) is 68.7 Å². The van der Waals surface area contributed by atoms with Gasteiger partial charge in [0.1, 0.15) is 5.75 Å². The first kappa shape index (κ1) is 19.4. The predicted molar refractivity (Wildman–Crippen MR) is 99.8 cm³/mol. The summed E-state index contributed by atoms with van der Waals surface area (Å²) in [6.07, 6.45) is 2.24. The molecule has 0 unspecified atom stereocenters. The summed E-state index contributed by atoms with van der Waals surface area (Å²) in [6.45, 7) is 2.31. The van der Waals surface area contributed by atoms with Gasteiger partial charge in [0.05, 0.1) is 17.7 Å². The number of rotatable bonds is 8. The molecule has 1 amide bonds. The fourth-order valence-corrected chi connectivity index (χ4v) is 2.33. The normalized spacial score (nSPS) is 10.7. The minimum absolute atomic E-state index is 0.00195. The van der Waals surface area contributed by atoms with Crippen LogP contribution in [-0.4, -0.2) is 23.7 Å².